The molecular weight excluding hydrogens is 114 g/mol. The summed E-state index contributed by atoms with van der Waals surface area (Å²) in [6.07, 6.45) is 5.86. The minimum absolute atomic E-state index is 0. The van der Waals surface area contributed by atoms with Gasteiger partial charge in [-0.15, -0.1) is 0 Å². The van der Waals surface area contributed by atoms with Crippen LogP contribution < -0.4 is 5.32 Å². The van der Waals surface area contributed by atoms with Gasteiger partial charge in [-0.1, -0.05) is 12.2 Å². The number of rotatable bonds is 0. The van der Waals surface area contributed by atoms with Crippen LogP contribution in [0.4, 0.5) is 0 Å². The molecule has 0 spiro atoms. The molecule has 0 aromatic carbocycles. The zero-order chi connectivity index (χ0) is 6.10. The first-order chi connectivity index (χ1) is 4.47. The molecule has 0 aromatic heterocycles. The molecule has 1 heterocycles. The zero-order valence-electron chi connectivity index (χ0n) is 5.34. The van der Waals surface area contributed by atoms with Crippen LogP contribution in [0.2, 0.25) is 0 Å². The summed E-state index contributed by atoms with van der Waals surface area (Å²) in [5.74, 6) is 0. The van der Waals surface area contributed by atoms with Gasteiger partial charge < -0.3 is 10.1 Å². The third-order valence-electron chi connectivity index (χ3n) is 1.93. The normalized spacial score (nSPS) is 40.9. The first-order valence-electron chi connectivity index (χ1n) is 3.48. The van der Waals surface area contributed by atoms with Gasteiger partial charge in [0.15, 0.2) is 0 Å². The first kappa shape index (κ1) is 5.45. The van der Waals surface area contributed by atoms with E-state index in [1.807, 2.05) is 0 Å². The highest BCUT2D eigenvalue weighted by atomic mass is 16.5. The van der Waals surface area contributed by atoms with Crippen LogP contribution in [0, 0.1) is 0 Å². The summed E-state index contributed by atoms with van der Waals surface area (Å²) >= 11 is 0. The molecule has 2 nitrogen and oxygen atoms in total. The Morgan fingerprint density at radius 3 is 3.56 bits per heavy atom. The number of hydrogen-bond acceptors (Lipinski definition) is 2. The molecule has 1 aliphatic heterocycles. The minimum Gasteiger partial charge on any atom is -0.371 e. The van der Waals surface area contributed by atoms with Crippen molar-refractivity contribution in [3.8, 4) is 0 Å². The molecule has 2 heteroatoms. The first-order valence-corrected chi connectivity index (χ1v) is 3.48. The summed E-state index contributed by atoms with van der Waals surface area (Å²) in [5, 5.41) is 3.39. The van der Waals surface area contributed by atoms with Gasteiger partial charge in [-0.2, -0.15) is 0 Å². The van der Waals surface area contributed by atoms with Crippen molar-refractivity contribution < 1.29 is 6.16 Å². The molecule has 0 bridgehead atoms. The third kappa shape index (κ3) is 0.884. The Balaban J connectivity index is 0.000000500. The second-order valence-corrected chi connectivity index (χ2v) is 2.56. The van der Waals surface area contributed by atoms with Crippen molar-refractivity contribution in [2.24, 2.45) is 0 Å². The quantitative estimate of drug-likeness (QED) is 0.480. The SMILES string of the molecule is C1=CC2OCCNC2C1.[HH]. The van der Waals surface area contributed by atoms with E-state index in [0.29, 0.717) is 12.1 Å². The summed E-state index contributed by atoms with van der Waals surface area (Å²) in [6.45, 7) is 1.88. The predicted octanol–water partition coefficient (Wildman–Crippen LogP) is 0.549. The van der Waals surface area contributed by atoms with Crippen molar-refractivity contribution in [1.82, 2.24) is 5.32 Å². The van der Waals surface area contributed by atoms with E-state index in [0.717, 1.165) is 19.6 Å². The lowest BCUT2D eigenvalue weighted by molar-refractivity contribution is 0.0337. The molecule has 52 valence electrons. The molecule has 9 heavy (non-hydrogen) atoms. The van der Waals surface area contributed by atoms with E-state index in [-0.39, 0.29) is 1.43 Å². The maximum atomic E-state index is 5.45. The van der Waals surface area contributed by atoms with Crippen molar-refractivity contribution in [2.45, 2.75) is 18.6 Å². The van der Waals surface area contributed by atoms with E-state index in [1.54, 1.807) is 0 Å². The average molecular weight is 127 g/mol. The van der Waals surface area contributed by atoms with Crippen LogP contribution in [0.15, 0.2) is 12.2 Å². The zero-order valence-corrected chi connectivity index (χ0v) is 5.34. The lowest BCUT2D eigenvalue weighted by Gasteiger charge is -2.26. The summed E-state index contributed by atoms with van der Waals surface area (Å²) in [4.78, 5) is 0. The van der Waals surface area contributed by atoms with Crippen LogP contribution in [0.3, 0.4) is 0 Å². The van der Waals surface area contributed by atoms with E-state index >= 15 is 0 Å². The van der Waals surface area contributed by atoms with E-state index in [4.69, 9.17) is 4.74 Å². The highest BCUT2D eigenvalue weighted by Gasteiger charge is 2.25. The molecule has 2 rings (SSSR count). The topological polar surface area (TPSA) is 21.3 Å². The van der Waals surface area contributed by atoms with Crippen LogP contribution in [-0.4, -0.2) is 25.3 Å². The van der Waals surface area contributed by atoms with Crippen LogP contribution in [0.1, 0.15) is 7.85 Å². The standard InChI is InChI=1S/C7H11NO.H2/c1-2-6-7(3-1)9-5-4-8-6;/h1,3,6-8H,2,4-5H2;1H. The molecule has 0 amide bonds. The molecule has 2 unspecified atom stereocenters. The molecule has 0 saturated carbocycles. The van der Waals surface area contributed by atoms with Gasteiger partial charge in [-0.05, 0) is 6.42 Å². The molecule has 2 atom stereocenters. The summed E-state index contributed by atoms with van der Waals surface area (Å²) in [7, 11) is 0. The van der Waals surface area contributed by atoms with Crippen molar-refractivity contribution in [3.63, 3.8) is 0 Å². The highest BCUT2D eigenvalue weighted by Crippen LogP contribution is 2.16. The fourth-order valence-corrected chi connectivity index (χ4v) is 1.44. The van der Waals surface area contributed by atoms with Gasteiger partial charge in [0.05, 0.1) is 12.7 Å². The molecule has 0 aromatic rings. The molecule has 1 aliphatic carbocycles. The Morgan fingerprint density at radius 2 is 2.67 bits per heavy atom. The van der Waals surface area contributed by atoms with Crippen molar-refractivity contribution in [1.29, 1.82) is 0 Å². The Labute approximate surface area is 56.4 Å². The summed E-state index contributed by atoms with van der Waals surface area (Å²) < 4.78 is 5.45. The molecule has 1 fully saturated rings. The number of fused-ring (bicyclic) bond motifs is 1. The smallest absolute Gasteiger partial charge is 0.0912 e. The molecule has 1 saturated heterocycles. The van der Waals surface area contributed by atoms with Gasteiger partial charge in [0.1, 0.15) is 0 Å². The average Bonchev–Trinajstić information content (AvgIpc) is 2.33. The van der Waals surface area contributed by atoms with Crippen molar-refractivity contribution in [2.75, 3.05) is 13.2 Å². The van der Waals surface area contributed by atoms with E-state index in [2.05, 4.69) is 17.5 Å². The van der Waals surface area contributed by atoms with E-state index in [1.165, 1.54) is 0 Å². The van der Waals surface area contributed by atoms with Gasteiger partial charge in [-0.3, -0.25) is 0 Å². The monoisotopic (exact) mass is 127 g/mol. The summed E-state index contributed by atoms with van der Waals surface area (Å²) in [6, 6.07) is 0.582. The predicted molar refractivity (Wildman–Crippen MR) is 37.4 cm³/mol. The van der Waals surface area contributed by atoms with Gasteiger partial charge >= 0.3 is 0 Å². The Morgan fingerprint density at radius 1 is 1.67 bits per heavy atom. The fourth-order valence-electron chi connectivity index (χ4n) is 1.44. The largest absolute Gasteiger partial charge is 0.371 e. The number of morpholine rings is 1. The maximum absolute atomic E-state index is 5.45. The number of hydrogen-bond donors (Lipinski definition) is 1. The van der Waals surface area contributed by atoms with Crippen LogP contribution >= 0.6 is 0 Å². The molecule has 2 aliphatic rings. The Hall–Kier alpha value is -0.340. The second-order valence-electron chi connectivity index (χ2n) is 2.56. The number of nitrogens with one attached hydrogen (secondary N) is 1. The number of ether oxygens (including phenoxy) is 1. The molecular formula is C7H13NO. The van der Waals surface area contributed by atoms with Crippen LogP contribution in [0.25, 0.3) is 0 Å². The van der Waals surface area contributed by atoms with Crippen molar-refractivity contribution >= 4 is 0 Å². The lowest BCUT2D eigenvalue weighted by Crippen LogP contribution is -2.44. The molecule has 1 N–H and O–H groups in total. The summed E-state index contributed by atoms with van der Waals surface area (Å²) in [5.41, 5.74) is 0. The van der Waals surface area contributed by atoms with Crippen molar-refractivity contribution in [3.05, 3.63) is 12.2 Å². The van der Waals surface area contributed by atoms with E-state index < -0.39 is 0 Å². The van der Waals surface area contributed by atoms with Gasteiger partial charge in [-0.25, -0.2) is 0 Å². The molecule has 0 radical (unpaired) electrons. The fraction of sp³-hybridized carbons (Fsp3) is 0.714. The van der Waals surface area contributed by atoms with E-state index in [9.17, 15) is 0 Å². The second kappa shape index (κ2) is 2.12. The Kier molecular flexibility index (Phi) is 1.28. The third-order valence-corrected chi connectivity index (χ3v) is 1.93. The van der Waals surface area contributed by atoms with Crippen LogP contribution in [0.5, 0.6) is 0 Å². The Bertz CT molecular complexity index is 138. The van der Waals surface area contributed by atoms with Gasteiger partial charge in [0.2, 0.25) is 0 Å². The van der Waals surface area contributed by atoms with Gasteiger partial charge in [0.25, 0.3) is 0 Å². The maximum Gasteiger partial charge on any atom is 0.0912 e. The lowest BCUT2D eigenvalue weighted by atomic mass is 10.2. The van der Waals surface area contributed by atoms with Gasteiger partial charge in [0, 0.05) is 14.0 Å². The minimum atomic E-state index is 0. The highest BCUT2D eigenvalue weighted by molar-refractivity contribution is 5.07. The van der Waals surface area contributed by atoms with Crippen LogP contribution in [-0.2, 0) is 4.74 Å².